The van der Waals surface area contributed by atoms with Crippen LogP contribution in [0.25, 0.3) is 0 Å². The summed E-state index contributed by atoms with van der Waals surface area (Å²) in [6.45, 7) is 5.33. The van der Waals surface area contributed by atoms with E-state index in [0.717, 1.165) is 22.4 Å². The fourth-order valence-corrected chi connectivity index (χ4v) is 3.05. The number of nitrogens with one attached hydrogen (secondary N) is 1. The fraction of sp³-hybridized carbons (Fsp3) is 0.333. The van der Waals surface area contributed by atoms with Gasteiger partial charge in [0.15, 0.2) is 11.5 Å². The van der Waals surface area contributed by atoms with Crippen LogP contribution in [0.4, 0.5) is 0 Å². The lowest BCUT2D eigenvalue weighted by Crippen LogP contribution is -2.37. The molecule has 1 aliphatic rings. The van der Waals surface area contributed by atoms with Gasteiger partial charge in [0.1, 0.15) is 13.2 Å². The Kier molecular flexibility index (Phi) is 5.64. The van der Waals surface area contributed by atoms with Crippen LogP contribution in [-0.4, -0.2) is 43.5 Å². The van der Waals surface area contributed by atoms with Gasteiger partial charge in [0.05, 0.1) is 6.54 Å². The molecule has 2 aromatic carbocycles. The van der Waals surface area contributed by atoms with E-state index < -0.39 is 0 Å². The molecule has 2 aromatic rings. The van der Waals surface area contributed by atoms with E-state index in [1.807, 2.05) is 50.2 Å². The maximum Gasteiger partial charge on any atom is 0.251 e. The van der Waals surface area contributed by atoms with E-state index in [-0.39, 0.29) is 18.4 Å². The quantitative estimate of drug-likeness (QED) is 0.880. The van der Waals surface area contributed by atoms with Crippen LogP contribution < -0.4 is 14.8 Å². The minimum absolute atomic E-state index is 0.0487. The largest absolute Gasteiger partial charge is 0.486 e. The first-order chi connectivity index (χ1) is 12.9. The van der Waals surface area contributed by atoms with E-state index in [9.17, 15) is 9.59 Å². The molecule has 0 unspecified atom stereocenters. The molecule has 142 valence electrons. The summed E-state index contributed by atoms with van der Waals surface area (Å²) < 4.78 is 11.1. The maximum absolute atomic E-state index is 12.4. The Morgan fingerprint density at radius 1 is 1.00 bits per heavy atom. The van der Waals surface area contributed by atoms with Crippen LogP contribution >= 0.6 is 0 Å². The van der Waals surface area contributed by atoms with E-state index >= 15 is 0 Å². The lowest BCUT2D eigenvalue weighted by Gasteiger charge is -2.21. The summed E-state index contributed by atoms with van der Waals surface area (Å²) >= 11 is 0. The summed E-state index contributed by atoms with van der Waals surface area (Å²) in [4.78, 5) is 26.2. The molecule has 0 saturated heterocycles. The van der Waals surface area contributed by atoms with Crippen molar-refractivity contribution in [3.63, 3.8) is 0 Å². The van der Waals surface area contributed by atoms with Gasteiger partial charge >= 0.3 is 0 Å². The van der Waals surface area contributed by atoms with Crippen LogP contribution in [-0.2, 0) is 11.3 Å². The second-order valence-corrected chi connectivity index (χ2v) is 6.79. The van der Waals surface area contributed by atoms with Gasteiger partial charge in [0.2, 0.25) is 5.91 Å². The van der Waals surface area contributed by atoms with Gasteiger partial charge in [-0.05, 0) is 43.7 Å². The zero-order valence-electron chi connectivity index (χ0n) is 15.9. The molecule has 27 heavy (non-hydrogen) atoms. The highest BCUT2D eigenvalue weighted by atomic mass is 16.6. The van der Waals surface area contributed by atoms with Gasteiger partial charge in [-0.2, -0.15) is 0 Å². The van der Waals surface area contributed by atoms with E-state index in [4.69, 9.17) is 9.47 Å². The molecule has 6 nitrogen and oxygen atoms in total. The molecule has 0 radical (unpaired) electrons. The van der Waals surface area contributed by atoms with Crippen molar-refractivity contribution in [2.24, 2.45) is 0 Å². The molecule has 1 heterocycles. The van der Waals surface area contributed by atoms with Gasteiger partial charge in [-0.1, -0.05) is 23.3 Å². The molecule has 0 bridgehead atoms. The number of carbonyl (C=O) groups excluding carboxylic acids is 2. The number of fused-ring (bicyclic) bond motifs is 1. The number of rotatable bonds is 5. The molecule has 6 heteroatoms. The lowest BCUT2D eigenvalue weighted by atomic mass is 10.1. The van der Waals surface area contributed by atoms with Gasteiger partial charge in [0, 0.05) is 19.2 Å². The normalized spacial score (nSPS) is 12.4. The number of nitrogens with zero attached hydrogens (tertiary/aromatic N) is 1. The van der Waals surface area contributed by atoms with Crippen molar-refractivity contribution in [3.8, 4) is 11.5 Å². The highest BCUT2D eigenvalue weighted by molar-refractivity contribution is 5.96. The highest BCUT2D eigenvalue weighted by Crippen LogP contribution is 2.31. The predicted octanol–water partition coefficient (Wildman–Crippen LogP) is 2.46. The molecule has 1 aliphatic heterocycles. The van der Waals surface area contributed by atoms with Crippen LogP contribution in [0.1, 0.15) is 27.0 Å². The second-order valence-electron chi connectivity index (χ2n) is 6.79. The number of amides is 2. The number of ether oxygens (including phenoxy) is 2. The van der Waals surface area contributed by atoms with Crippen LogP contribution in [0.2, 0.25) is 0 Å². The van der Waals surface area contributed by atoms with Crippen molar-refractivity contribution < 1.29 is 19.1 Å². The highest BCUT2D eigenvalue weighted by Gasteiger charge is 2.15. The third-order valence-corrected chi connectivity index (χ3v) is 4.34. The van der Waals surface area contributed by atoms with Gasteiger partial charge in [-0.3, -0.25) is 9.59 Å². The van der Waals surface area contributed by atoms with Crippen LogP contribution in [0, 0.1) is 13.8 Å². The van der Waals surface area contributed by atoms with Crippen molar-refractivity contribution in [1.82, 2.24) is 10.2 Å². The van der Waals surface area contributed by atoms with Crippen molar-refractivity contribution in [3.05, 3.63) is 58.7 Å². The zero-order chi connectivity index (χ0) is 19.4. The number of hydrogen-bond donors (Lipinski definition) is 1. The molecule has 0 aromatic heterocycles. The molecule has 0 aliphatic carbocycles. The summed E-state index contributed by atoms with van der Waals surface area (Å²) in [5, 5.41) is 2.69. The smallest absolute Gasteiger partial charge is 0.251 e. The van der Waals surface area contributed by atoms with Crippen LogP contribution in [0.5, 0.6) is 11.5 Å². The van der Waals surface area contributed by atoms with Gasteiger partial charge in [-0.25, -0.2) is 0 Å². The number of hydrogen-bond acceptors (Lipinski definition) is 4. The number of benzene rings is 2. The van der Waals surface area contributed by atoms with Crippen molar-refractivity contribution in [1.29, 1.82) is 0 Å². The maximum atomic E-state index is 12.4. The van der Waals surface area contributed by atoms with Crippen molar-refractivity contribution in [2.75, 3.05) is 26.8 Å². The van der Waals surface area contributed by atoms with E-state index in [1.165, 1.54) is 0 Å². The Morgan fingerprint density at radius 2 is 1.67 bits per heavy atom. The Morgan fingerprint density at radius 3 is 2.37 bits per heavy atom. The first kappa shape index (κ1) is 18.8. The summed E-state index contributed by atoms with van der Waals surface area (Å²) in [6.07, 6.45) is 0. The molecule has 0 saturated carbocycles. The summed E-state index contributed by atoms with van der Waals surface area (Å²) in [6, 6.07) is 11.3. The third-order valence-electron chi connectivity index (χ3n) is 4.34. The predicted molar refractivity (Wildman–Crippen MR) is 102 cm³/mol. The Hall–Kier alpha value is -3.02. The fourth-order valence-electron chi connectivity index (χ4n) is 3.05. The van der Waals surface area contributed by atoms with E-state index in [0.29, 0.717) is 31.1 Å². The first-order valence-corrected chi connectivity index (χ1v) is 8.91. The van der Waals surface area contributed by atoms with Gasteiger partial charge in [0.25, 0.3) is 5.91 Å². The minimum atomic E-state index is -0.247. The first-order valence-electron chi connectivity index (χ1n) is 8.91. The summed E-state index contributed by atoms with van der Waals surface area (Å²) in [5.41, 5.74) is 3.54. The molecule has 0 spiro atoms. The molecule has 0 fully saturated rings. The number of likely N-dealkylation sites (N-methyl/N-ethyl adjacent to an activating group) is 1. The Bertz CT molecular complexity index is 843. The Labute approximate surface area is 159 Å². The average molecular weight is 368 g/mol. The summed E-state index contributed by atoms with van der Waals surface area (Å²) in [7, 11) is 1.71. The van der Waals surface area contributed by atoms with Crippen molar-refractivity contribution >= 4 is 11.8 Å². The van der Waals surface area contributed by atoms with E-state index in [1.54, 1.807) is 11.9 Å². The SMILES string of the molecule is Cc1cc(C)cc(C(=O)NCC(=O)N(C)Cc2ccc3c(c2)OCCO3)c1. The minimum Gasteiger partial charge on any atom is -0.486 e. The van der Waals surface area contributed by atoms with Crippen LogP contribution in [0.15, 0.2) is 36.4 Å². The molecule has 3 rings (SSSR count). The molecule has 2 amide bonds. The van der Waals surface area contributed by atoms with Crippen molar-refractivity contribution in [2.45, 2.75) is 20.4 Å². The molecule has 1 N–H and O–H groups in total. The number of carbonyl (C=O) groups is 2. The van der Waals surface area contributed by atoms with Gasteiger partial charge in [-0.15, -0.1) is 0 Å². The average Bonchev–Trinajstić information content (AvgIpc) is 2.64. The zero-order valence-corrected chi connectivity index (χ0v) is 15.9. The molecular weight excluding hydrogens is 344 g/mol. The summed E-state index contributed by atoms with van der Waals surface area (Å²) in [5.74, 6) is 1.01. The lowest BCUT2D eigenvalue weighted by molar-refractivity contribution is -0.129. The molecular formula is C21H24N2O4. The third kappa shape index (κ3) is 4.78. The second kappa shape index (κ2) is 8.12. The standard InChI is InChI=1S/C21H24N2O4/c1-14-8-15(2)10-17(9-14)21(25)22-12-20(24)23(3)13-16-4-5-18-19(11-16)27-7-6-26-18/h4-5,8-11H,6-7,12-13H2,1-3H3,(H,22,25). The topological polar surface area (TPSA) is 67.9 Å². The number of aryl methyl sites for hydroxylation is 2. The monoisotopic (exact) mass is 368 g/mol. The van der Waals surface area contributed by atoms with E-state index in [2.05, 4.69) is 5.32 Å². The molecule has 0 atom stereocenters. The van der Waals surface area contributed by atoms with Crippen LogP contribution in [0.3, 0.4) is 0 Å². The van der Waals surface area contributed by atoms with Gasteiger partial charge < -0.3 is 19.7 Å². The Balaban J connectivity index is 1.55.